The van der Waals surface area contributed by atoms with E-state index >= 15 is 0 Å². The van der Waals surface area contributed by atoms with E-state index < -0.39 is 0 Å². The first-order chi connectivity index (χ1) is 10.0. The molecule has 1 aliphatic rings. The van der Waals surface area contributed by atoms with Gasteiger partial charge in [-0.15, -0.1) is 0 Å². The quantitative estimate of drug-likeness (QED) is 0.769. The fraction of sp³-hybridized carbons (Fsp3) is 0.588. The summed E-state index contributed by atoms with van der Waals surface area (Å²) in [4.78, 5) is 14.0. The molecule has 1 fully saturated rings. The van der Waals surface area contributed by atoms with Gasteiger partial charge in [0.25, 0.3) is 0 Å². The lowest BCUT2D eigenvalue weighted by Crippen LogP contribution is -2.30. The molecule has 0 heterocycles. The Kier molecular flexibility index (Phi) is 5.23. The number of rotatable bonds is 8. The smallest absolute Gasteiger partial charge is 0.220 e. The maximum atomic E-state index is 11.9. The molecule has 1 saturated carbocycles. The predicted molar refractivity (Wildman–Crippen MR) is 85.5 cm³/mol. The first kappa shape index (κ1) is 15.8. The summed E-state index contributed by atoms with van der Waals surface area (Å²) < 4.78 is 0. The summed E-state index contributed by atoms with van der Waals surface area (Å²) in [7, 11) is 4.03. The summed E-state index contributed by atoms with van der Waals surface area (Å²) in [5.41, 5.74) is 2.55. The van der Waals surface area contributed by atoms with Crippen LogP contribution in [0.2, 0.25) is 0 Å². The maximum Gasteiger partial charge on any atom is 0.220 e. The van der Waals surface area contributed by atoms with E-state index in [1.165, 1.54) is 11.3 Å². The molecule has 1 amide bonds. The normalized spacial score (nSPS) is 15.6. The lowest BCUT2D eigenvalue weighted by molar-refractivity contribution is -0.121. The minimum Gasteiger partial charge on any atom is -0.396 e. The molecule has 116 valence electrons. The van der Waals surface area contributed by atoms with Crippen LogP contribution in [-0.4, -0.2) is 38.3 Å². The third-order valence-electron chi connectivity index (χ3n) is 4.35. The molecule has 0 radical (unpaired) electrons. The van der Waals surface area contributed by atoms with E-state index in [4.69, 9.17) is 5.11 Å². The number of amides is 1. The fourth-order valence-corrected chi connectivity index (χ4v) is 2.52. The van der Waals surface area contributed by atoms with Crippen molar-refractivity contribution in [3.8, 4) is 0 Å². The van der Waals surface area contributed by atoms with Gasteiger partial charge in [0.1, 0.15) is 0 Å². The Hall–Kier alpha value is -1.55. The molecule has 0 bridgehead atoms. The molecule has 0 spiro atoms. The molecule has 0 unspecified atom stereocenters. The molecule has 2 rings (SSSR count). The van der Waals surface area contributed by atoms with E-state index in [-0.39, 0.29) is 17.9 Å². The van der Waals surface area contributed by atoms with Crippen molar-refractivity contribution in [3.63, 3.8) is 0 Å². The van der Waals surface area contributed by atoms with Crippen molar-refractivity contribution in [2.24, 2.45) is 5.41 Å². The Balaban J connectivity index is 1.71. The number of hydrogen-bond donors (Lipinski definition) is 2. The van der Waals surface area contributed by atoms with Crippen LogP contribution in [0.3, 0.4) is 0 Å². The van der Waals surface area contributed by atoms with Gasteiger partial charge in [-0.1, -0.05) is 12.1 Å². The van der Waals surface area contributed by atoms with Crippen molar-refractivity contribution < 1.29 is 9.90 Å². The van der Waals surface area contributed by atoms with E-state index in [1.54, 1.807) is 0 Å². The molecule has 1 aliphatic carbocycles. The van der Waals surface area contributed by atoms with Gasteiger partial charge in [-0.05, 0) is 48.8 Å². The molecule has 21 heavy (non-hydrogen) atoms. The van der Waals surface area contributed by atoms with Gasteiger partial charge in [-0.2, -0.15) is 0 Å². The van der Waals surface area contributed by atoms with Crippen molar-refractivity contribution >= 4 is 11.6 Å². The number of carbonyl (C=O) groups excluding carboxylic acids is 1. The highest BCUT2D eigenvalue weighted by molar-refractivity contribution is 5.76. The number of aliphatic hydroxyl groups is 1. The lowest BCUT2D eigenvalue weighted by atomic mass is 10.0. The molecule has 0 aromatic heterocycles. The molecule has 1 aromatic carbocycles. The fourth-order valence-electron chi connectivity index (χ4n) is 2.52. The molecular weight excluding hydrogens is 264 g/mol. The Morgan fingerprint density at radius 2 is 1.95 bits per heavy atom. The number of aryl methyl sites for hydroxylation is 1. The van der Waals surface area contributed by atoms with Gasteiger partial charge < -0.3 is 15.3 Å². The molecule has 0 atom stereocenters. The number of nitrogens with one attached hydrogen (secondary N) is 1. The monoisotopic (exact) mass is 290 g/mol. The molecule has 0 aliphatic heterocycles. The highest BCUT2D eigenvalue weighted by Gasteiger charge is 2.41. The Labute approximate surface area is 127 Å². The number of anilines is 1. The topological polar surface area (TPSA) is 52.6 Å². The van der Waals surface area contributed by atoms with Crippen molar-refractivity contribution in [1.82, 2.24) is 5.32 Å². The number of carbonyl (C=O) groups is 1. The van der Waals surface area contributed by atoms with E-state index in [0.29, 0.717) is 13.0 Å². The maximum absolute atomic E-state index is 11.9. The van der Waals surface area contributed by atoms with Crippen LogP contribution in [0.25, 0.3) is 0 Å². The van der Waals surface area contributed by atoms with Gasteiger partial charge in [0.2, 0.25) is 5.91 Å². The zero-order valence-corrected chi connectivity index (χ0v) is 13.1. The van der Waals surface area contributed by atoms with Crippen molar-refractivity contribution in [2.75, 3.05) is 32.1 Å². The summed E-state index contributed by atoms with van der Waals surface area (Å²) in [5.74, 6) is 0.107. The highest BCUT2D eigenvalue weighted by Crippen LogP contribution is 2.47. The van der Waals surface area contributed by atoms with Crippen LogP contribution in [0, 0.1) is 5.41 Å². The molecule has 4 heteroatoms. The van der Waals surface area contributed by atoms with Gasteiger partial charge in [0, 0.05) is 39.4 Å². The van der Waals surface area contributed by atoms with E-state index in [0.717, 1.165) is 25.7 Å². The second-order valence-electron chi connectivity index (χ2n) is 6.31. The standard InChI is InChI=1S/C17H26N2O2/c1-19(2)15-6-3-14(4-7-15)5-8-16(21)18-13-17(9-10-17)11-12-20/h3-4,6-7,20H,5,8-13H2,1-2H3,(H,18,21). The van der Waals surface area contributed by atoms with Gasteiger partial charge >= 0.3 is 0 Å². The minimum absolute atomic E-state index is 0.107. The van der Waals surface area contributed by atoms with Crippen LogP contribution in [-0.2, 0) is 11.2 Å². The van der Waals surface area contributed by atoms with Crippen LogP contribution in [0.4, 0.5) is 5.69 Å². The highest BCUT2D eigenvalue weighted by atomic mass is 16.3. The van der Waals surface area contributed by atoms with Crippen molar-refractivity contribution in [2.45, 2.75) is 32.1 Å². The first-order valence-electron chi connectivity index (χ1n) is 7.68. The molecule has 1 aromatic rings. The SMILES string of the molecule is CN(C)c1ccc(CCC(=O)NCC2(CCO)CC2)cc1. The number of aliphatic hydroxyl groups excluding tert-OH is 1. The van der Waals surface area contributed by atoms with Gasteiger partial charge in [-0.3, -0.25) is 4.79 Å². The van der Waals surface area contributed by atoms with Gasteiger partial charge in [0.15, 0.2) is 0 Å². The Bertz CT molecular complexity index is 464. The third-order valence-corrected chi connectivity index (χ3v) is 4.35. The Morgan fingerprint density at radius 3 is 2.48 bits per heavy atom. The summed E-state index contributed by atoms with van der Waals surface area (Å²) in [6, 6.07) is 8.31. The molecule has 4 nitrogen and oxygen atoms in total. The first-order valence-corrected chi connectivity index (χ1v) is 7.68. The van der Waals surface area contributed by atoms with Crippen LogP contribution in [0.1, 0.15) is 31.2 Å². The second kappa shape index (κ2) is 6.94. The number of nitrogens with zero attached hydrogens (tertiary/aromatic N) is 1. The summed E-state index contributed by atoms with van der Waals surface area (Å²) in [6.07, 6.45) is 4.35. The summed E-state index contributed by atoms with van der Waals surface area (Å²) in [6.45, 7) is 0.931. The van der Waals surface area contributed by atoms with Gasteiger partial charge in [0.05, 0.1) is 0 Å². The van der Waals surface area contributed by atoms with Gasteiger partial charge in [-0.25, -0.2) is 0 Å². The third kappa shape index (κ3) is 4.74. The molecule has 0 saturated heterocycles. The van der Waals surface area contributed by atoms with Crippen LogP contribution >= 0.6 is 0 Å². The Morgan fingerprint density at radius 1 is 1.29 bits per heavy atom. The second-order valence-corrected chi connectivity index (χ2v) is 6.31. The summed E-state index contributed by atoms with van der Waals surface area (Å²) >= 11 is 0. The molecule has 2 N–H and O–H groups in total. The van der Waals surface area contributed by atoms with Crippen LogP contribution in [0.5, 0.6) is 0 Å². The number of hydrogen-bond acceptors (Lipinski definition) is 3. The van der Waals surface area contributed by atoms with Crippen molar-refractivity contribution in [1.29, 1.82) is 0 Å². The van der Waals surface area contributed by atoms with Crippen molar-refractivity contribution in [3.05, 3.63) is 29.8 Å². The zero-order chi connectivity index (χ0) is 15.3. The van der Waals surface area contributed by atoms with E-state index in [9.17, 15) is 4.79 Å². The average Bonchev–Trinajstić information content (AvgIpc) is 3.24. The lowest BCUT2D eigenvalue weighted by Gasteiger charge is -2.15. The van der Waals surface area contributed by atoms with Crippen LogP contribution in [0.15, 0.2) is 24.3 Å². The van der Waals surface area contributed by atoms with E-state index in [1.807, 2.05) is 14.1 Å². The average molecular weight is 290 g/mol. The minimum atomic E-state index is 0.107. The van der Waals surface area contributed by atoms with E-state index in [2.05, 4.69) is 34.5 Å². The van der Waals surface area contributed by atoms with Crippen LogP contribution < -0.4 is 10.2 Å². The number of benzene rings is 1. The largest absolute Gasteiger partial charge is 0.396 e. The predicted octanol–water partition coefficient (Wildman–Crippen LogP) is 1.96. The zero-order valence-electron chi connectivity index (χ0n) is 13.1. The summed E-state index contributed by atoms with van der Waals surface area (Å²) in [5, 5.41) is 12.0. The molecular formula is C17H26N2O2.